The van der Waals surface area contributed by atoms with E-state index in [1.807, 2.05) is 0 Å². The van der Waals surface area contributed by atoms with Crippen molar-refractivity contribution in [2.24, 2.45) is 0 Å². The van der Waals surface area contributed by atoms with Crippen molar-refractivity contribution in [3.63, 3.8) is 0 Å². The van der Waals surface area contributed by atoms with Crippen LogP contribution in [-0.2, 0) is 0 Å². The zero-order chi connectivity index (χ0) is 16.1. The second kappa shape index (κ2) is 4.97. The summed E-state index contributed by atoms with van der Waals surface area (Å²) in [5, 5.41) is 2.68. The third-order valence-electron chi connectivity index (χ3n) is 5.00. The van der Waals surface area contributed by atoms with Gasteiger partial charge in [-0.2, -0.15) is 0 Å². The van der Waals surface area contributed by atoms with E-state index in [2.05, 4.69) is 96.9 Å². The van der Waals surface area contributed by atoms with Crippen LogP contribution in [0, 0.1) is 0 Å². The van der Waals surface area contributed by atoms with Gasteiger partial charge in [-0.25, -0.2) is 0 Å². The highest BCUT2D eigenvalue weighted by atomic mass is 15.1. The van der Waals surface area contributed by atoms with Crippen LogP contribution in [0.4, 0.5) is 11.4 Å². The minimum absolute atomic E-state index is 1.20. The number of hydrogen-bond acceptors (Lipinski definition) is 1. The van der Waals surface area contributed by atoms with Crippen molar-refractivity contribution in [2.45, 2.75) is 0 Å². The SMILES string of the molecule is CN(c1ccccc1)c1cc2c3c(cccc3c1)-c1ccccc1-2. The number of para-hydroxylation sites is 1. The first-order valence-corrected chi connectivity index (χ1v) is 8.28. The Bertz CT molecular complexity index is 1060. The summed E-state index contributed by atoms with van der Waals surface area (Å²) >= 11 is 0. The van der Waals surface area contributed by atoms with Gasteiger partial charge >= 0.3 is 0 Å². The van der Waals surface area contributed by atoms with Crippen molar-refractivity contribution in [3.05, 3.63) is 84.9 Å². The molecular weight excluding hydrogens is 290 g/mol. The highest BCUT2D eigenvalue weighted by molar-refractivity contribution is 6.16. The Morgan fingerprint density at radius 1 is 0.542 bits per heavy atom. The molecule has 0 aliphatic heterocycles. The van der Waals surface area contributed by atoms with Crippen LogP contribution in [0.1, 0.15) is 0 Å². The van der Waals surface area contributed by atoms with E-state index in [9.17, 15) is 0 Å². The van der Waals surface area contributed by atoms with Gasteiger partial charge in [0.25, 0.3) is 0 Å². The summed E-state index contributed by atoms with van der Waals surface area (Å²) in [6.45, 7) is 0. The van der Waals surface area contributed by atoms with E-state index >= 15 is 0 Å². The Morgan fingerprint density at radius 2 is 1.21 bits per heavy atom. The van der Waals surface area contributed by atoms with Gasteiger partial charge in [0.05, 0.1) is 0 Å². The number of fused-ring (bicyclic) bond motifs is 3. The first-order chi connectivity index (χ1) is 11.8. The lowest BCUT2D eigenvalue weighted by atomic mass is 10.0. The maximum atomic E-state index is 2.32. The van der Waals surface area contributed by atoms with Crippen LogP contribution in [-0.4, -0.2) is 7.05 Å². The zero-order valence-electron chi connectivity index (χ0n) is 13.5. The topological polar surface area (TPSA) is 3.24 Å². The van der Waals surface area contributed by atoms with Crippen molar-refractivity contribution >= 4 is 22.1 Å². The molecule has 0 N–H and O–H groups in total. The lowest BCUT2D eigenvalue weighted by Crippen LogP contribution is -2.09. The van der Waals surface area contributed by atoms with Gasteiger partial charge in [-0.3, -0.25) is 0 Å². The zero-order valence-corrected chi connectivity index (χ0v) is 13.5. The average Bonchev–Trinajstić information content (AvgIpc) is 2.98. The highest BCUT2D eigenvalue weighted by Crippen LogP contribution is 2.48. The maximum Gasteiger partial charge on any atom is 0.0420 e. The van der Waals surface area contributed by atoms with Gasteiger partial charge in [0.2, 0.25) is 0 Å². The second-order valence-corrected chi connectivity index (χ2v) is 6.34. The largest absolute Gasteiger partial charge is 0.345 e. The molecular formula is C23H17N. The summed E-state index contributed by atoms with van der Waals surface area (Å²) in [5.74, 6) is 0. The minimum Gasteiger partial charge on any atom is -0.345 e. The molecule has 0 bridgehead atoms. The van der Waals surface area contributed by atoms with Gasteiger partial charge in [0.1, 0.15) is 0 Å². The van der Waals surface area contributed by atoms with Gasteiger partial charge in [0, 0.05) is 18.4 Å². The lowest BCUT2D eigenvalue weighted by Gasteiger charge is -2.21. The van der Waals surface area contributed by atoms with Crippen LogP contribution in [0.15, 0.2) is 84.9 Å². The van der Waals surface area contributed by atoms with E-state index in [1.54, 1.807) is 0 Å². The summed E-state index contributed by atoms with van der Waals surface area (Å²) in [6.07, 6.45) is 0. The molecule has 1 aliphatic carbocycles. The first kappa shape index (κ1) is 13.4. The second-order valence-electron chi connectivity index (χ2n) is 6.34. The van der Waals surface area contributed by atoms with Gasteiger partial charge < -0.3 is 4.90 Å². The molecule has 1 aliphatic rings. The monoisotopic (exact) mass is 307 g/mol. The molecule has 0 fully saturated rings. The van der Waals surface area contributed by atoms with Crippen LogP contribution in [0.5, 0.6) is 0 Å². The molecule has 1 heteroatoms. The summed E-state index contributed by atoms with van der Waals surface area (Å²) in [6, 6.07) is 30.5. The molecule has 0 unspecified atom stereocenters. The Kier molecular flexibility index (Phi) is 2.77. The third kappa shape index (κ3) is 1.82. The quantitative estimate of drug-likeness (QED) is 0.372. The molecule has 0 aromatic heterocycles. The Hall–Kier alpha value is -3.06. The molecule has 4 aromatic carbocycles. The molecule has 0 radical (unpaired) electrons. The van der Waals surface area contributed by atoms with Crippen LogP contribution in [0.3, 0.4) is 0 Å². The standard InChI is InChI=1S/C23H17N/c1-24(17-9-3-2-4-10-17)18-14-16-8-7-13-21-19-11-5-6-12-20(19)22(15-18)23(16)21/h2-15H,1H3. The molecule has 114 valence electrons. The van der Waals surface area contributed by atoms with Gasteiger partial charge in [-0.1, -0.05) is 60.7 Å². The maximum absolute atomic E-state index is 2.32. The fourth-order valence-electron chi connectivity index (χ4n) is 3.80. The number of anilines is 2. The fourth-order valence-corrected chi connectivity index (χ4v) is 3.80. The van der Waals surface area contributed by atoms with Crippen molar-refractivity contribution in [1.29, 1.82) is 0 Å². The van der Waals surface area contributed by atoms with Crippen LogP contribution in [0.25, 0.3) is 33.0 Å². The third-order valence-corrected chi connectivity index (χ3v) is 5.00. The molecule has 5 rings (SSSR count). The molecule has 0 saturated heterocycles. The molecule has 24 heavy (non-hydrogen) atoms. The van der Waals surface area contributed by atoms with Crippen LogP contribution in [0.2, 0.25) is 0 Å². The highest BCUT2D eigenvalue weighted by Gasteiger charge is 2.21. The van der Waals surface area contributed by atoms with E-state index in [1.165, 1.54) is 44.4 Å². The lowest BCUT2D eigenvalue weighted by molar-refractivity contribution is 1.21. The molecule has 0 spiro atoms. The van der Waals surface area contributed by atoms with Crippen molar-refractivity contribution in [2.75, 3.05) is 11.9 Å². The fraction of sp³-hybridized carbons (Fsp3) is 0.0435. The number of hydrogen-bond donors (Lipinski definition) is 0. The first-order valence-electron chi connectivity index (χ1n) is 8.28. The van der Waals surface area contributed by atoms with E-state index < -0.39 is 0 Å². The number of nitrogens with zero attached hydrogens (tertiary/aromatic N) is 1. The van der Waals surface area contributed by atoms with Gasteiger partial charge in [-0.05, 0) is 57.3 Å². The molecule has 0 saturated carbocycles. The number of benzene rings is 4. The Labute approximate surface area is 141 Å². The van der Waals surface area contributed by atoms with Crippen molar-refractivity contribution in [1.82, 2.24) is 0 Å². The summed E-state index contributed by atoms with van der Waals surface area (Å²) in [7, 11) is 2.13. The number of rotatable bonds is 2. The summed E-state index contributed by atoms with van der Waals surface area (Å²) < 4.78 is 0. The van der Waals surface area contributed by atoms with E-state index in [-0.39, 0.29) is 0 Å². The molecule has 4 aromatic rings. The van der Waals surface area contributed by atoms with Gasteiger partial charge in [0.15, 0.2) is 0 Å². The molecule has 1 nitrogen and oxygen atoms in total. The molecule has 0 atom stereocenters. The normalized spacial score (nSPS) is 11.5. The van der Waals surface area contributed by atoms with Crippen LogP contribution < -0.4 is 4.90 Å². The van der Waals surface area contributed by atoms with Crippen LogP contribution >= 0.6 is 0 Å². The average molecular weight is 307 g/mol. The molecule has 0 amide bonds. The smallest absolute Gasteiger partial charge is 0.0420 e. The summed E-state index contributed by atoms with van der Waals surface area (Å²) in [5.41, 5.74) is 7.80. The Balaban J connectivity index is 1.78. The van der Waals surface area contributed by atoms with E-state index in [0.717, 1.165) is 0 Å². The molecule has 0 heterocycles. The predicted molar refractivity (Wildman–Crippen MR) is 103 cm³/mol. The van der Waals surface area contributed by atoms with Gasteiger partial charge in [-0.15, -0.1) is 0 Å². The Morgan fingerprint density at radius 3 is 2.00 bits per heavy atom. The predicted octanol–water partition coefficient (Wildman–Crippen LogP) is 6.26. The van der Waals surface area contributed by atoms with E-state index in [4.69, 9.17) is 0 Å². The minimum atomic E-state index is 1.20. The summed E-state index contributed by atoms with van der Waals surface area (Å²) in [4.78, 5) is 2.25. The van der Waals surface area contributed by atoms with E-state index in [0.29, 0.717) is 0 Å². The van der Waals surface area contributed by atoms with Crippen molar-refractivity contribution in [3.8, 4) is 22.3 Å². The van der Waals surface area contributed by atoms with Crippen molar-refractivity contribution < 1.29 is 0 Å².